The van der Waals surface area contributed by atoms with Gasteiger partial charge in [-0.05, 0) is 48.4 Å². The van der Waals surface area contributed by atoms with Crippen LogP contribution in [0.1, 0.15) is 80.0 Å². The van der Waals surface area contributed by atoms with Gasteiger partial charge in [0.15, 0.2) is 5.82 Å². The largest absolute Gasteiger partial charge is 0.494 e. The van der Waals surface area contributed by atoms with E-state index in [0.717, 1.165) is 43.1 Å². The summed E-state index contributed by atoms with van der Waals surface area (Å²) in [6.45, 7) is 5.97. The number of unbranched alkanes of at least 4 members (excludes halogenated alkanes) is 7. The van der Waals surface area contributed by atoms with Crippen molar-refractivity contribution in [2.75, 3.05) is 37.7 Å². The first kappa shape index (κ1) is 27.5. The molecule has 2 heterocycles. The smallest absolute Gasteiger partial charge is 0.438 e. The van der Waals surface area contributed by atoms with Crippen LogP contribution in [0.2, 0.25) is 0 Å². The third-order valence-electron chi connectivity index (χ3n) is 7.09. The predicted molar refractivity (Wildman–Crippen MR) is 149 cm³/mol. The van der Waals surface area contributed by atoms with E-state index in [0.29, 0.717) is 30.9 Å². The van der Waals surface area contributed by atoms with Crippen molar-refractivity contribution >= 4 is 11.6 Å². The minimum Gasteiger partial charge on any atom is -0.494 e. The molecule has 1 fully saturated rings. The van der Waals surface area contributed by atoms with Crippen molar-refractivity contribution < 1.29 is 14.1 Å². The molecule has 0 atom stereocenters. The van der Waals surface area contributed by atoms with Gasteiger partial charge in [0, 0.05) is 43.9 Å². The fourth-order valence-corrected chi connectivity index (χ4v) is 4.82. The molecule has 1 saturated heterocycles. The van der Waals surface area contributed by atoms with E-state index in [1.165, 1.54) is 44.9 Å². The fourth-order valence-electron chi connectivity index (χ4n) is 4.82. The fraction of sp³-hybridized carbons (Fsp3) is 0.500. The number of anilines is 1. The average molecular weight is 521 g/mol. The minimum atomic E-state index is -0.565. The van der Waals surface area contributed by atoms with Gasteiger partial charge in [-0.25, -0.2) is 4.79 Å². The molecule has 1 aliphatic rings. The van der Waals surface area contributed by atoms with E-state index >= 15 is 0 Å². The Balaban J connectivity index is 1.15. The number of piperazine rings is 1. The van der Waals surface area contributed by atoms with E-state index < -0.39 is 5.76 Å². The van der Waals surface area contributed by atoms with Gasteiger partial charge in [0.05, 0.1) is 6.61 Å². The second-order valence-electron chi connectivity index (χ2n) is 10.0. The van der Waals surface area contributed by atoms with Crippen molar-refractivity contribution in [1.29, 1.82) is 0 Å². The number of ether oxygens (including phenoxy) is 1. The zero-order valence-electron chi connectivity index (χ0n) is 22.5. The van der Waals surface area contributed by atoms with Gasteiger partial charge in [0.25, 0.3) is 5.91 Å². The Labute approximate surface area is 225 Å². The van der Waals surface area contributed by atoms with E-state index in [1.807, 2.05) is 41.3 Å². The number of amides is 1. The SMILES string of the molecule is CCCCCCCCCCOc1ccc(N2CCN(C(=O)c3ccc(Cc4noc(=O)[nH]4)cc3)CC2)cc1. The van der Waals surface area contributed by atoms with Crippen LogP contribution in [0.5, 0.6) is 5.75 Å². The molecule has 8 heteroatoms. The van der Waals surface area contributed by atoms with E-state index in [9.17, 15) is 9.59 Å². The molecular formula is C30H40N4O4. The first-order valence-electron chi connectivity index (χ1n) is 14.0. The first-order chi connectivity index (χ1) is 18.6. The Morgan fingerprint density at radius 2 is 1.55 bits per heavy atom. The summed E-state index contributed by atoms with van der Waals surface area (Å²) in [7, 11) is 0. The standard InChI is InChI=1S/C30H40N4O4/c1-2-3-4-5-6-7-8-9-22-37-27-16-14-26(15-17-27)33-18-20-34(21-19-33)29(35)25-12-10-24(11-13-25)23-28-31-30(36)38-32-28/h10-17H,2-9,18-23H2,1H3,(H,31,32,36). The summed E-state index contributed by atoms with van der Waals surface area (Å²) in [5.41, 5.74) is 2.77. The van der Waals surface area contributed by atoms with Gasteiger partial charge in [-0.15, -0.1) is 0 Å². The number of benzene rings is 2. The number of nitrogens with one attached hydrogen (secondary N) is 1. The maximum absolute atomic E-state index is 13.0. The van der Waals surface area contributed by atoms with E-state index in [-0.39, 0.29) is 5.91 Å². The molecule has 0 aliphatic carbocycles. The van der Waals surface area contributed by atoms with Crippen LogP contribution in [-0.2, 0) is 6.42 Å². The molecule has 1 aromatic heterocycles. The van der Waals surface area contributed by atoms with Crippen molar-refractivity contribution in [3.05, 3.63) is 76.0 Å². The lowest BCUT2D eigenvalue weighted by molar-refractivity contribution is 0.0747. The van der Waals surface area contributed by atoms with Gasteiger partial charge < -0.3 is 14.5 Å². The van der Waals surface area contributed by atoms with Gasteiger partial charge in [-0.1, -0.05) is 69.2 Å². The van der Waals surface area contributed by atoms with Crippen molar-refractivity contribution in [3.8, 4) is 5.75 Å². The number of carbonyl (C=O) groups is 1. The molecule has 0 bridgehead atoms. The summed E-state index contributed by atoms with van der Waals surface area (Å²) in [6.07, 6.45) is 10.8. The quantitative estimate of drug-likeness (QED) is 0.285. The Kier molecular flexibility index (Phi) is 10.4. The lowest BCUT2D eigenvalue weighted by atomic mass is 10.1. The molecule has 8 nitrogen and oxygen atoms in total. The highest BCUT2D eigenvalue weighted by atomic mass is 16.5. The Morgan fingerprint density at radius 1 is 0.895 bits per heavy atom. The monoisotopic (exact) mass is 520 g/mol. The summed E-state index contributed by atoms with van der Waals surface area (Å²) in [6, 6.07) is 15.7. The number of aromatic amines is 1. The Bertz CT molecular complexity index is 1160. The summed E-state index contributed by atoms with van der Waals surface area (Å²) in [5, 5.41) is 3.68. The normalized spacial score (nSPS) is 13.6. The van der Waals surface area contributed by atoms with Crippen molar-refractivity contribution in [2.24, 2.45) is 0 Å². The van der Waals surface area contributed by atoms with Crippen LogP contribution in [0, 0.1) is 0 Å². The second kappa shape index (κ2) is 14.4. The summed E-state index contributed by atoms with van der Waals surface area (Å²) in [5.74, 6) is 0.859. The maximum atomic E-state index is 13.0. The lowest BCUT2D eigenvalue weighted by Gasteiger charge is -2.36. The molecule has 3 aromatic rings. The highest BCUT2D eigenvalue weighted by molar-refractivity contribution is 5.94. The van der Waals surface area contributed by atoms with Crippen LogP contribution >= 0.6 is 0 Å². The van der Waals surface area contributed by atoms with Crippen LogP contribution in [0.15, 0.2) is 57.8 Å². The second-order valence-corrected chi connectivity index (χ2v) is 10.0. The Morgan fingerprint density at radius 3 is 2.18 bits per heavy atom. The molecule has 0 unspecified atom stereocenters. The zero-order chi connectivity index (χ0) is 26.6. The minimum absolute atomic E-state index is 0.0377. The summed E-state index contributed by atoms with van der Waals surface area (Å²) >= 11 is 0. The average Bonchev–Trinajstić information content (AvgIpc) is 3.37. The van der Waals surface area contributed by atoms with E-state index in [4.69, 9.17) is 4.74 Å². The van der Waals surface area contributed by atoms with Crippen molar-refractivity contribution in [1.82, 2.24) is 15.0 Å². The highest BCUT2D eigenvalue weighted by Gasteiger charge is 2.22. The van der Waals surface area contributed by atoms with Crippen molar-refractivity contribution in [2.45, 2.75) is 64.7 Å². The number of aromatic nitrogens is 2. The molecule has 0 spiro atoms. The van der Waals surface area contributed by atoms with Crippen LogP contribution in [0.3, 0.4) is 0 Å². The lowest BCUT2D eigenvalue weighted by Crippen LogP contribution is -2.48. The van der Waals surface area contributed by atoms with Gasteiger partial charge in [-0.2, -0.15) is 0 Å². The zero-order valence-corrected chi connectivity index (χ0v) is 22.5. The third kappa shape index (κ3) is 8.23. The molecule has 204 valence electrons. The number of H-pyrrole nitrogens is 1. The molecule has 4 rings (SSSR count). The molecule has 0 radical (unpaired) electrons. The molecular weight excluding hydrogens is 480 g/mol. The van der Waals surface area contributed by atoms with Crippen LogP contribution in [0.25, 0.3) is 0 Å². The van der Waals surface area contributed by atoms with Gasteiger partial charge in [0.1, 0.15) is 5.75 Å². The predicted octanol–water partition coefficient (Wildman–Crippen LogP) is 5.44. The molecule has 2 aromatic carbocycles. The van der Waals surface area contributed by atoms with Crippen LogP contribution < -0.4 is 15.4 Å². The number of hydrogen-bond acceptors (Lipinski definition) is 6. The molecule has 1 N–H and O–H groups in total. The Hall–Kier alpha value is -3.55. The van der Waals surface area contributed by atoms with E-state index in [1.54, 1.807) is 0 Å². The van der Waals surface area contributed by atoms with E-state index in [2.05, 4.69) is 38.6 Å². The molecule has 1 amide bonds. The van der Waals surface area contributed by atoms with Gasteiger partial charge in [0.2, 0.25) is 0 Å². The number of rotatable bonds is 14. The molecule has 1 aliphatic heterocycles. The highest BCUT2D eigenvalue weighted by Crippen LogP contribution is 2.22. The molecule has 0 saturated carbocycles. The van der Waals surface area contributed by atoms with Gasteiger partial charge >= 0.3 is 5.76 Å². The topological polar surface area (TPSA) is 91.7 Å². The number of nitrogens with zero attached hydrogens (tertiary/aromatic N) is 3. The number of carbonyl (C=O) groups excluding carboxylic acids is 1. The molecule has 38 heavy (non-hydrogen) atoms. The first-order valence-corrected chi connectivity index (χ1v) is 14.0. The van der Waals surface area contributed by atoms with Crippen LogP contribution in [0.4, 0.5) is 5.69 Å². The van der Waals surface area contributed by atoms with Crippen molar-refractivity contribution in [3.63, 3.8) is 0 Å². The number of hydrogen-bond donors (Lipinski definition) is 1. The summed E-state index contributed by atoms with van der Waals surface area (Å²) < 4.78 is 10.5. The maximum Gasteiger partial charge on any atom is 0.438 e. The summed E-state index contributed by atoms with van der Waals surface area (Å²) in [4.78, 5) is 30.8. The third-order valence-corrected chi connectivity index (χ3v) is 7.09. The van der Waals surface area contributed by atoms with Gasteiger partial charge in [-0.3, -0.25) is 14.3 Å². The van der Waals surface area contributed by atoms with Crippen LogP contribution in [-0.4, -0.2) is 53.7 Å².